The monoisotopic (exact) mass is 228 g/mol. The van der Waals surface area contributed by atoms with Gasteiger partial charge in [0.15, 0.2) is 0 Å². The Morgan fingerprint density at radius 3 is 2.19 bits per heavy atom. The molecule has 1 rings (SSSR count). The summed E-state index contributed by atoms with van der Waals surface area (Å²) in [6.07, 6.45) is -1.16. The van der Waals surface area contributed by atoms with Gasteiger partial charge in [-0.15, -0.1) is 0 Å². The molecule has 0 aliphatic heterocycles. The molecule has 1 aromatic carbocycles. The molecule has 0 aromatic heterocycles. The number of carbonyl (C=O) groups is 1. The van der Waals surface area contributed by atoms with E-state index in [2.05, 4.69) is 0 Å². The van der Waals surface area contributed by atoms with Gasteiger partial charge in [0.2, 0.25) is 0 Å². The van der Waals surface area contributed by atoms with E-state index in [4.69, 9.17) is 5.11 Å². The number of benzene rings is 1. The van der Waals surface area contributed by atoms with Crippen molar-refractivity contribution in [3.05, 3.63) is 35.9 Å². The molecule has 0 aliphatic carbocycles. The maximum atomic E-state index is 13.8. The first-order chi connectivity index (χ1) is 7.27. The van der Waals surface area contributed by atoms with Crippen molar-refractivity contribution in [2.75, 3.05) is 0 Å². The van der Waals surface area contributed by atoms with Crippen molar-refractivity contribution in [3.8, 4) is 0 Å². The van der Waals surface area contributed by atoms with E-state index in [0.29, 0.717) is 5.56 Å². The highest BCUT2D eigenvalue weighted by molar-refractivity contribution is 5.68. The molecule has 0 unspecified atom stereocenters. The SMILES string of the molecule is CC(C)(c1ccccc1)C(F)(F)CC(=O)O. The van der Waals surface area contributed by atoms with Crippen LogP contribution in [0.3, 0.4) is 0 Å². The lowest BCUT2D eigenvalue weighted by atomic mass is 9.77. The molecule has 0 amide bonds. The minimum atomic E-state index is -3.28. The van der Waals surface area contributed by atoms with Crippen LogP contribution < -0.4 is 0 Å². The van der Waals surface area contributed by atoms with Crippen LogP contribution in [-0.4, -0.2) is 17.0 Å². The predicted octanol–water partition coefficient (Wildman–Crippen LogP) is 3.07. The standard InChI is InChI=1S/C12H14F2O2/c1-11(2,9-6-4-3-5-7-9)12(13,14)8-10(15)16/h3-7H,8H2,1-2H3,(H,15,16). The molecule has 0 aliphatic rings. The lowest BCUT2D eigenvalue weighted by Gasteiger charge is -2.33. The summed E-state index contributed by atoms with van der Waals surface area (Å²) >= 11 is 0. The summed E-state index contributed by atoms with van der Waals surface area (Å²) in [5, 5.41) is 8.48. The van der Waals surface area contributed by atoms with Crippen molar-refractivity contribution in [2.45, 2.75) is 31.6 Å². The molecule has 88 valence electrons. The Labute approximate surface area is 92.9 Å². The van der Waals surface area contributed by atoms with Crippen molar-refractivity contribution < 1.29 is 18.7 Å². The molecule has 0 atom stereocenters. The van der Waals surface area contributed by atoms with E-state index in [1.807, 2.05) is 0 Å². The molecule has 4 heteroatoms. The normalized spacial score (nSPS) is 12.5. The molecule has 0 radical (unpaired) electrons. The van der Waals surface area contributed by atoms with Gasteiger partial charge in [-0.2, -0.15) is 0 Å². The molecule has 16 heavy (non-hydrogen) atoms. The maximum absolute atomic E-state index is 13.8. The Morgan fingerprint density at radius 1 is 1.25 bits per heavy atom. The Bertz CT molecular complexity index is 372. The second-order valence-corrected chi connectivity index (χ2v) is 4.27. The van der Waals surface area contributed by atoms with Crippen LogP contribution in [0.25, 0.3) is 0 Å². The molecule has 0 fully saturated rings. The van der Waals surface area contributed by atoms with Gasteiger partial charge in [0.05, 0.1) is 5.41 Å². The first-order valence-electron chi connectivity index (χ1n) is 4.92. The van der Waals surface area contributed by atoms with E-state index in [1.54, 1.807) is 30.3 Å². The van der Waals surface area contributed by atoms with Crippen molar-refractivity contribution in [3.63, 3.8) is 0 Å². The van der Waals surface area contributed by atoms with E-state index in [1.165, 1.54) is 13.8 Å². The minimum Gasteiger partial charge on any atom is -0.481 e. The number of carboxylic acid groups (broad SMARTS) is 1. The number of halogens is 2. The zero-order valence-electron chi connectivity index (χ0n) is 9.21. The molecular formula is C12H14F2O2. The molecule has 0 spiro atoms. The van der Waals surface area contributed by atoms with Crippen molar-refractivity contribution in [1.29, 1.82) is 0 Å². The van der Waals surface area contributed by atoms with Crippen LogP contribution in [0, 0.1) is 0 Å². The third-order valence-electron chi connectivity index (χ3n) is 2.78. The lowest BCUT2D eigenvalue weighted by Crippen LogP contribution is -2.42. The number of carboxylic acids is 1. The summed E-state index contributed by atoms with van der Waals surface area (Å²) in [5.74, 6) is -4.77. The van der Waals surface area contributed by atoms with Crippen molar-refractivity contribution in [2.24, 2.45) is 0 Å². The molecule has 1 N–H and O–H groups in total. The average molecular weight is 228 g/mol. The van der Waals surface area contributed by atoms with Crippen LogP contribution in [0.5, 0.6) is 0 Å². The molecule has 1 aromatic rings. The molecule has 0 saturated heterocycles. The van der Waals surface area contributed by atoms with E-state index in [9.17, 15) is 13.6 Å². The summed E-state index contributed by atoms with van der Waals surface area (Å²) in [7, 11) is 0. The van der Waals surface area contributed by atoms with Crippen LogP contribution in [0.4, 0.5) is 8.78 Å². The summed E-state index contributed by atoms with van der Waals surface area (Å²) in [5.41, 5.74) is -1.06. The summed E-state index contributed by atoms with van der Waals surface area (Å²) in [6, 6.07) is 8.21. The zero-order chi connectivity index (χ0) is 12.4. The number of alkyl halides is 2. The summed E-state index contributed by atoms with van der Waals surface area (Å²) < 4.78 is 27.5. The number of hydrogen-bond donors (Lipinski definition) is 1. The van der Waals surface area contributed by atoms with Crippen molar-refractivity contribution in [1.82, 2.24) is 0 Å². The first-order valence-corrected chi connectivity index (χ1v) is 4.92. The third kappa shape index (κ3) is 2.38. The quantitative estimate of drug-likeness (QED) is 0.859. The van der Waals surface area contributed by atoms with Gasteiger partial charge >= 0.3 is 5.97 Å². The van der Waals surface area contributed by atoms with Gasteiger partial charge in [-0.05, 0) is 19.4 Å². The Hall–Kier alpha value is -1.45. The fraction of sp³-hybridized carbons (Fsp3) is 0.417. The van der Waals surface area contributed by atoms with Crippen LogP contribution in [-0.2, 0) is 10.2 Å². The second kappa shape index (κ2) is 4.20. The first kappa shape index (κ1) is 12.6. The predicted molar refractivity (Wildman–Crippen MR) is 56.7 cm³/mol. The van der Waals surface area contributed by atoms with Crippen LogP contribution in [0.2, 0.25) is 0 Å². The van der Waals surface area contributed by atoms with E-state index >= 15 is 0 Å². The van der Waals surface area contributed by atoms with Gasteiger partial charge in [0.25, 0.3) is 5.92 Å². The van der Waals surface area contributed by atoms with E-state index in [-0.39, 0.29) is 0 Å². The lowest BCUT2D eigenvalue weighted by molar-refractivity contribution is -0.150. The van der Waals surface area contributed by atoms with Crippen LogP contribution in [0.15, 0.2) is 30.3 Å². The van der Waals surface area contributed by atoms with E-state index < -0.39 is 23.7 Å². The highest BCUT2D eigenvalue weighted by Crippen LogP contribution is 2.41. The summed E-state index contributed by atoms with van der Waals surface area (Å²) in [4.78, 5) is 10.4. The van der Waals surface area contributed by atoms with Crippen molar-refractivity contribution >= 4 is 5.97 Å². The molecule has 0 saturated carbocycles. The second-order valence-electron chi connectivity index (χ2n) is 4.27. The molecule has 0 bridgehead atoms. The highest BCUT2D eigenvalue weighted by Gasteiger charge is 2.49. The fourth-order valence-electron chi connectivity index (χ4n) is 1.48. The topological polar surface area (TPSA) is 37.3 Å². The van der Waals surface area contributed by atoms with E-state index in [0.717, 1.165) is 0 Å². The largest absolute Gasteiger partial charge is 0.481 e. The average Bonchev–Trinajstić information content (AvgIpc) is 2.17. The van der Waals surface area contributed by atoms with Gasteiger partial charge in [-0.3, -0.25) is 4.79 Å². The molecule has 2 nitrogen and oxygen atoms in total. The zero-order valence-corrected chi connectivity index (χ0v) is 9.21. The van der Waals surface area contributed by atoms with Gasteiger partial charge in [0.1, 0.15) is 6.42 Å². The third-order valence-corrected chi connectivity index (χ3v) is 2.78. The van der Waals surface area contributed by atoms with Crippen LogP contribution in [0.1, 0.15) is 25.8 Å². The van der Waals surface area contributed by atoms with Gasteiger partial charge in [0, 0.05) is 0 Å². The smallest absolute Gasteiger partial charge is 0.309 e. The molecule has 0 heterocycles. The Kier molecular flexibility index (Phi) is 3.31. The van der Waals surface area contributed by atoms with Gasteiger partial charge < -0.3 is 5.11 Å². The van der Waals surface area contributed by atoms with Crippen LogP contribution >= 0.6 is 0 Å². The number of hydrogen-bond acceptors (Lipinski definition) is 1. The maximum Gasteiger partial charge on any atom is 0.309 e. The van der Waals surface area contributed by atoms with Gasteiger partial charge in [-0.1, -0.05) is 30.3 Å². The Morgan fingerprint density at radius 2 is 1.75 bits per heavy atom. The highest BCUT2D eigenvalue weighted by atomic mass is 19.3. The molecular weight excluding hydrogens is 214 g/mol. The fourth-order valence-corrected chi connectivity index (χ4v) is 1.48. The Balaban J connectivity index is 3.05. The number of aliphatic carboxylic acids is 1. The number of rotatable bonds is 4. The summed E-state index contributed by atoms with van der Waals surface area (Å²) in [6.45, 7) is 2.70. The van der Waals surface area contributed by atoms with Gasteiger partial charge in [-0.25, -0.2) is 8.78 Å². The minimum absolute atomic E-state index is 0.432.